The molecular weight excluding hydrogens is 380 g/mol. The molecule has 0 aromatic heterocycles. The Hall–Kier alpha value is -3.00. The molecule has 0 fully saturated rings. The van der Waals surface area contributed by atoms with Crippen LogP contribution < -0.4 is 19.5 Å². The zero-order valence-electron chi connectivity index (χ0n) is 16.3. The van der Waals surface area contributed by atoms with Crippen molar-refractivity contribution in [2.75, 3.05) is 23.8 Å². The molecule has 150 valence electrons. The van der Waals surface area contributed by atoms with E-state index < -0.39 is 10.0 Å². The lowest BCUT2D eigenvalue weighted by Gasteiger charge is -2.14. The Morgan fingerprint density at radius 2 is 1.71 bits per heavy atom. The Balaban J connectivity index is 2.30. The van der Waals surface area contributed by atoms with Gasteiger partial charge >= 0.3 is 0 Å². The highest BCUT2D eigenvalue weighted by Gasteiger charge is 2.21. The first-order valence-electron chi connectivity index (χ1n) is 8.64. The van der Waals surface area contributed by atoms with Crippen LogP contribution in [0.15, 0.2) is 59.0 Å². The number of nitrogens with one attached hydrogen (secondary N) is 2. The second-order valence-electron chi connectivity index (χ2n) is 6.14. The van der Waals surface area contributed by atoms with E-state index in [0.29, 0.717) is 23.7 Å². The van der Waals surface area contributed by atoms with Gasteiger partial charge in [0.15, 0.2) is 0 Å². The van der Waals surface area contributed by atoms with Gasteiger partial charge in [0.05, 0.1) is 13.7 Å². The van der Waals surface area contributed by atoms with Crippen molar-refractivity contribution in [2.45, 2.75) is 25.7 Å². The third-order valence-corrected chi connectivity index (χ3v) is 4.96. The Morgan fingerprint density at radius 3 is 2.29 bits per heavy atom. The number of hydrogen-bond acceptors (Lipinski definition) is 5. The highest BCUT2D eigenvalue weighted by molar-refractivity contribution is 7.92. The predicted octanol–water partition coefficient (Wildman–Crippen LogP) is 3.80. The van der Waals surface area contributed by atoms with Crippen molar-refractivity contribution in [1.82, 2.24) is 0 Å². The second-order valence-corrected chi connectivity index (χ2v) is 7.79. The number of carbonyl (C=O) groups is 1. The van der Waals surface area contributed by atoms with E-state index in [1.807, 2.05) is 6.92 Å². The normalized spacial score (nSPS) is 10.7. The molecule has 0 aliphatic carbocycles. The van der Waals surface area contributed by atoms with Gasteiger partial charge in [0, 0.05) is 17.5 Å². The zero-order valence-corrected chi connectivity index (χ0v) is 17.1. The number of allylic oxidation sites excluding steroid dienone is 1. The first-order valence-corrected chi connectivity index (χ1v) is 10.1. The standard InChI is InChI=1S/C20H24N2O5S/c1-5-27-17-9-6-15(7-10-17)22-28(24,25)19-13-16(8-11-18(19)26-4)21-20(23)12-14(2)3/h6-13,22H,5H2,1-4H3,(H,21,23). The zero-order chi connectivity index (χ0) is 20.7. The first kappa shape index (κ1) is 21.3. The fraction of sp³-hybridized carbons (Fsp3) is 0.250. The number of amides is 1. The highest BCUT2D eigenvalue weighted by Crippen LogP contribution is 2.29. The molecule has 8 heteroatoms. The van der Waals surface area contributed by atoms with E-state index >= 15 is 0 Å². The monoisotopic (exact) mass is 404 g/mol. The number of benzene rings is 2. The van der Waals surface area contributed by atoms with Gasteiger partial charge in [-0.1, -0.05) is 5.57 Å². The minimum absolute atomic E-state index is 0.0844. The molecule has 0 atom stereocenters. The summed E-state index contributed by atoms with van der Waals surface area (Å²) in [4.78, 5) is 11.8. The van der Waals surface area contributed by atoms with Gasteiger partial charge in [-0.25, -0.2) is 8.42 Å². The van der Waals surface area contributed by atoms with Crippen molar-refractivity contribution in [3.8, 4) is 11.5 Å². The largest absolute Gasteiger partial charge is 0.495 e. The molecule has 0 aliphatic heterocycles. The van der Waals surface area contributed by atoms with Crippen LogP contribution >= 0.6 is 0 Å². The quantitative estimate of drug-likeness (QED) is 0.653. The van der Waals surface area contributed by atoms with E-state index in [4.69, 9.17) is 9.47 Å². The maximum absolute atomic E-state index is 12.9. The summed E-state index contributed by atoms with van der Waals surface area (Å²) in [7, 11) is -2.56. The summed E-state index contributed by atoms with van der Waals surface area (Å²) in [6.45, 7) is 5.98. The van der Waals surface area contributed by atoms with Crippen LogP contribution in [0, 0.1) is 0 Å². The van der Waals surface area contributed by atoms with Crippen LogP contribution in [0.1, 0.15) is 20.8 Å². The van der Waals surface area contributed by atoms with E-state index in [1.165, 1.54) is 25.3 Å². The summed E-state index contributed by atoms with van der Waals surface area (Å²) in [5.41, 5.74) is 1.55. The SMILES string of the molecule is CCOc1ccc(NS(=O)(=O)c2cc(NC(=O)C=C(C)C)ccc2OC)cc1. The lowest BCUT2D eigenvalue weighted by molar-refractivity contribution is -0.111. The molecule has 2 aromatic carbocycles. The van der Waals surface area contributed by atoms with Crippen LogP contribution in [-0.2, 0) is 14.8 Å². The molecule has 0 bridgehead atoms. The summed E-state index contributed by atoms with van der Waals surface area (Å²) in [6, 6.07) is 11.0. The van der Waals surface area contributed by atoms with Gasteiger partial charge in [-0.3, -0.25) is 9.52 Å². The van der Waals surface area contributed by atoms with Crippen LogP contribution in [0.3, 0.4) is 0 Å². The molecule has 2 aromatic rings. The summed E-state index contributed by atoms with van der Waals surface area (Å²) < 4.78 is 38.8. The Bertz CT molecular complexity index is 963. The van der Waals surface area contributed by atoms with Crippen molar-refractivity contribution < 1.29 is 22.7 Å². The van der Waals surface area contributed by atoms with Crippen LogP contribution in [0.5, 0.6) is 11.5 Å². The van der Waals surface area contributed by atoms with Crippen LogP contribution in [0.25, 0.3) is 0 Å². The second kappa shape index (κ2) is 9.27. The minimum Gasteiger partial charge on any atom is -0.495 e. The fourth-order valence-electron chi connectivity index (χ4n) is 2.40. The molecule has 2 N–H and O–H groups in total. The number of hydrogen-bond donors (Lipinski definition) is 2. The van der Waals surface area contributed by atoms with Gasteiger partial charge in [-0.05, 0) is 63.2 Å². The summed E-state index contributed by atoms with van der Waals surface area (Å²) >= 11 is 0. The lowest BCUT2D eigenvalue weighted by atomic mass is 10.2. The third-order valence-electron chi connectivity index (χ3n) is 3.56. The first-order chi connectivity index (χ1) is 13.2. The highest BCUT2D eigenvalue weighted by atomic mass is 32.2. The molecule has 7 nitrogen and oxygen atoms in total. The molecule has 0 radical (unpaired) electrons. The molecule has 1 amide bonds. The van der Waals surface area contributed by atoms with E-state index in [0.717, 1.165) is 5.57 Å². The maximum atomic E-state index is 12.9. The molecule has 0 heterocycles. The van der Waals surface area contributed by atoms with Crippen molar-refractivity contribution in [1.29, 1.82) is 0 Å². The number of methoxy groups -OCH3 is 1. The smallest absolute Gasteiger partial charge is 0.265 e. The number of carbonyl (C=O) groups excluding carboxylic acids is 1. The summed E-state index contributed by atoms with van der Waals surface area (Å²) in [5, 5.41) is 2.64. The van der Waals surface area contributed by atoms with Gasteiger partial charge in [0.25, 0.3) is 10.0 Å². The topological polar surface area (TPSA) is 93.7 Å². The number of anilines is 2. The average Bonchev–Trinajstić information content (AvgIpc) is 2.62. The van der Waals surface area contributed by atoms with Crippen molar-refractivity contribution >= 4 is 27.3 Å². The Kier molecular flexibility index (Phi) is 7.06. The van der Waals surface area contributed by atoms with Crippen molar-refractivity contribution in [3.05, 3.63) is 54.1 Å². The summed E-state index contributed by atoms with van der Waals surface area (Å²) in [6.07, 6.45) is 1.43. The van der Waals surface area contributed by atoms with Crippen LogP contribution in [0.4, 0.5) is 11.4 Å². The Morgan fingerprint density at radius 1 is 1.07 bits per heavy atom. The molecule has 28 heavy (non-hydrogen) atoms. The molecule has 2 rings (SSSR count). The average molecular weight is 404 g/mol. The van der Waals surface area contributed by atoms with Gasteiger partial charge in [0.1, 0.15) is 16.4 Å². The van der Waals surface area contributed by atoms with Gasteiger partial charge in [0.2, 0.25) is 5.91 Å². The number of sulfonamides is 1. The van der Waals surface area contributed by atoms with E-state index in [9.17, 15) is 13.2 Å². The molecular formula is C20H24N2O5S. The molecule has 0 unspecified atom stereocenters. The van der Waals surface area contributed by atoms with Crippen LogP contribution in [0.2, 0.25) is 0 Å². The predicted molar refractivity (Wildman–Crippen MR) is 109 cm³/mol. The molecule has 0 saturated heterocycles. The maximum Gasteiger partial charge on any atom is 0.265 e. The van der Waals surface area contributed by atoms with E-state index in [1.54, 1.807) is 44.2 Å². The van der Waals surface area contributed by atoms with E-state index in [2.05, 4.69) is 10.0 Å². The minimum atomic E-state index is -3.95. The molecule has 0 aliphatic rings. The fourth-order valence-corrected chi connectivity index (χ4v) is 3.66. The van der Waals surface area contributed by atoms with Gasteiger partial charge in [-0.15, -0.1) is 0 Å². The van der Waals surface area contributed by atoms with Gasteiger partial charge in [-0.2, -0.15) is 0 Å². The van der Waals surface area contributed by atoms with Gasteiger partial charge < -0.3 is 14.8 Å². The number of ether oxygens (including phenoxy) is 2. The molecule has 0 spiro atoms. The summed E-state index contributed by atoms with van der Waals surface area (Å²) in [5.74, 6) is 0.471. The van der Waals surface area contributed by atoms with Crippen molar-refractivity contribution in [3.63, 3.8) is 0 Å². The van der Waals surface area contributed by atoms with Crippen LogP contribution in [-0.4, -0.2) is 28.0 Å². The van der Waals surface area contributed by atoms with Crippen molar-refractivity contribution in [2.24, 2.45) is 0 Å². The number of rotatable bonds is 8. The molecule has 0 saturated carbocycles. The van der Waals surface area contributed by atoms with E-state index in [-0.39, 0.29) is 16.6 Å². The third kappa shape index (κ3) is 5.75. The lowest BCUT2D eigenvalue weighted by Crippen LogP contribution is -2.15. The Labute approximate surface area is 165 Å².